The van der Waals surface area contributed by atoms with Gasteiger partial charge in [0.2, 0.25) is 11.8 Å². The number of rotatable bonds is 9. The highest BCUT2D eigenvalue weighted by atomic mass is 32.2. The molecule has 2 fully saturated rings. The largest absolute Gasteiger partial charge is 0.494 e. The Bertz CT molecular complexity index is 1460. The molecule has 0 aromatic heterocycles. The second-order valence-corrected chi connectivity index (χ2v) is 12.9. The summed E-state index contributed by atoms with van der Waals surface area (Å²) in [5.41, 5.74) is 2.57. The van der Waals surface area contributed by atoms with E-state index in [2.05, 4.69) is 18.7 Å². The van der Waals surface area contributed by atoms with Crippen LogP contribution in [0.1, 0.15) is 20.8 Å². The van der Waals surface area contributed by atoms with E-state index in [-0.39, 0.29) is 36.1 Å². The lowest BCUT2D eigenvalue weighted by atomic mass is 9.78. The monoisotopic (exact) mass is 616 g/mol. The van der Waals surface area contributed by atoms with Crippen LogP contribution in [0.15, 0.2) is 72.8 Å². The van der Waals surface area contributed by atoms with Gasteiger partial charge in [0, 0.05) is 55.0 Å². The molecule has 3 amide bonds. The zero-order chi connectivity index (χ0) is 31.0. The zero-order valence-electron chi connectivity index (χ0n) is 25.5. The summed E-state index contributed by atoms with van der Waals surface area (Å²) in [5.74, 6) is -1.24. The van der Waals surface area contributed by atoms with Gasteiger partial charge in [-0.2, -0.15) is 0 Å². The Morgan fingerprint density at radius 1 is 0.886 bits per heavy atom. The quantitative estimate of drug-likeness (QED) is 0.430. The molecule has 4 heterocycles. The highest BCUT2D eigenvalue weighted by Crippen LogP contribution is 2.61. The number of nitrogens with zero attached hydrogens (tertiary/aromatic N) is 4. The lowest BCUT2D eigenvalue weighted by Crippen LogP contribution is -2.53. The number of hydrogen-bond acceptors (Lipinski definition) is 7. The molecule has 4 aliphatic heterocycles. The van der Waals surface area contributed by atoms with E-state index in [0.29, 0.717) is 19.7 Å². The van der Waals surface area contributed by atoms with Crippen LogP contribution in [-0.4, -0.2) is 89.7 Å². The number of carbonyl (C=O) groups excluding carboxylic acids is 3. The maximum Gasteiger partial charge on any atom is 0.251 e. The molecule has 1 N–H and O–H groups in total. The average molecular weight is 617 g/mol. The molecular formula is C34H40N4O5S. The van der Waals surface area contributed by atoms with E-state index in [4.69, 9.17) is 4.74 Å². The molecule has 4 aliphatic rings. The van der Waals surface area contributed by atoms with Gasteiger partial charge in [0.15, 0.2) is 0 Å². The fourth-order valence-corrected chi connectivity index (χ4v) is 9.28. The topological polar surface area (TPSA) is 93.6 Å². The smallest absolute Gasteiger partial charge is 0.251 e. The lowest BCUT2D eigenvalue weighted by molar-refractivity contribution is -0.139. The lowest BCUT2D eigenvalue weighted by Gasteiger charge is -2.35. The first-order valence-electron chi connectivity index (χ1n) is 15.5. The van der Waals surface area contributed by atoms with Crippen LogP contribution in [0.4, 0.5) is 17.1 Å². The number of hydrogen-bond donors (Lipinski definition) is 1. The van der Waals surface area contributed by atoms with Crippen molar-refractivity contribution in [3.63, 3.8) is 0 Å². The average Bonchev–Trinajstić information content (AvgIpc) is 3.34. The van der Waals surface area contributed by atoms with Crippen molar-refractivity contribution in [3.8, 4) is 5.75 Å². The van der Waals surface area contributed by atoms with Crippen LogP contribution in [-0.2, 0) is 14.4 Å². The summed E-state index contributed by atoms with van der Waals surface area (Å²) in [5, 5.41) is 9.74. The van der Waals surface area contributed by atoms with E-state index in [1.165, 1.54) is 4.90 Å². The number of carbonyl (C=O) groups is 3. The minimum atomic E-state index is -0.934. The number of ether oxygens (including phenoxy) is 1. The highest BCUT2D eigenvalue weighted by molar-refractivity contribution is 8.02. The van der Waals surface area contributed by atoms with Gasteiger partial charge in [-0.05, 0) is 69.3 Å². The first kappa shape index (κ1) is 30.3. The van der Waals surface area contributed by atoms with Crippen LogP contribution in [0.3, 0.4) is 0 Å². The molecule has 0 aliphatic carbocycles. The van der Waals surface area contributed by atoms with E-state index in [9.17, 15) is 19.5 Å². The summed E-state index contributed by atoms with van der Waals surface area (Å²) < 4.78 is 4.65. The van der Waals surface area contributed by atoms with Crippen LogP contribution in [0.5, 0.6) is 5.75 Å². The van der Waals surface area contributed by atoms with E-state index in [0.717, 1.165) is 35.9 Å². The molecule has 9 nitrogen and oxygen atoms in total. The Balaban J connectivity index is 1.35. The molecule has 232 valence electrons. The van der Waals surface area contributed by atoms with E-state index in [1.807, 2.05) is 79.8 Å². The van der Waals surface area contributed by atoms with E-state index in [1.54, 1.807) is 21.6 Å². The molecule has 2 saturated heterocycles. The third-order valence-corrected chi connectivity index (χ3v) is 11.0. The van der Waals surface area contributed by atoms with E-state index >= 15 is 0 Å². The van der Waals surface area contributed by atoms with Gasteiger partial charge in [-0.25, -0.2) is 0 Å². The molecule has 44 heavy (non-hydrogen) atoms. The van der Waals surface area contributed by atoms with Crippen LogP contribution < -0.4 is 19.4 Å². The second-order valence-electron chi connectivity index (χ2n) is 11.4. The third-order valence-electron chi connectivity index (χ3n) is 9.25. The van der Waals surface area contributed by atoms with Gasteiger partial charge >= 0.3 is 0 Å². The van der Waals surface area contributed by atoms with Crippen molar-refractivity contribution in [1.29, 1.82) is 0 Å². The summed E-state index contributed by atoms with van der Waals surface area (Å²) in [6.45, 7) is 8.96. The van der Waals surface area contributed by atoms with Crippen LogP contribution in [0, 0.1) is 11.8 Å². The van der Waals surface area contributed by atoms with Gasteiger partial charge in [-0.3, -0.25) is 14.4 Å². The molecule has 0 bridgehead atoms. The Morgan fingerprint density at radius 2 is 1.52 bits per heavy atom. The van der Waals surface area contributed by atoms with Crippen LogP contribution >= 0.6 is 11.8 Å². The normalized spacial score (nSPS) is 27.6. The summed E-state index contributed by atoms with van der Waals surface area (Å²) in [6, 6.07) is 14.5. The maximum atomic E-state index is 14.5. The highest BCUT2D eigenvalue weighted by Gasteiger charge is 2.71. The minimum Gasteiger partial charge on any atom is -0.494 e. The van der Waals surface area contributed by atoms with Crippen molar-refractivity contribution >= 4 is 46.5 Å². The summed E-state index contributed by atoms with van der Waals surface area (Å²) in [7, 11) is 0. The predicted octanol–water partition coefficient (Wildman–Crippen LogP) is 3.73. The number of anilines is 3. The molecule has 2 aromatic carbocycles. The fraction of sp³-hybridized carbons (Fsp3) is 0.441. The SMILES string of the molecule is CCOc1ccc(N2CC=C[C@H]3S[C@]45C=CCN(c6ccc(N(CC)CC)cc6)C(=O)C4N(CCO)C(=O)[C@@H]5[C@H]3C2=O)cc1. The summed E-state index contributed by atoms with van der Waals surface area (Å²) >= 11 is 1.54. The summed E-state index contributed by atoms with van der Waals surface area (Å²) in [6.07, 6.45) is 7.99. The molecular weight excluding hydrogens is 576 g/mol. The number of amides is 3. The molecule has 10 heteroatoms. The number of likely N-dealkylation sites (tertiary alicyclic amines) is 1. The Hall–Kier alpha value is -3.76. The Kier molecular flexibility index (Phi) is 8.48. The molecule has 1 unspecified atom stereocenters. The first-order chi connectivity index (χ1) is 21.4. The van der Waals surface area contributed by atoms with E-state index < -0.39 is 22.6 Å². The molecule has 0 radical (unpaired) electrons. The number of thioether (sulfide) groups is 1. The van der Waals surface area contributed by atoms with Gasteiger partial charge in [-0.15, -0.1) is 11.8 Å². The Labute approximate surface area is 263 Å². The minimum absolute atomic E-state index is 0.0284. The standard InChI is InChI=1S/C34H40N4O5S/c1-4-35(5-2)23-10-12-24(13-11-23)37-20-8-18-34-29(32(41)38(21-22-39)30(34)33(37)42)28-27(44-34)9-7-19-36(31(28)40)25-14-16-26(17-15-25)43-6-3/h7-18,27-30,39H,4-6,19-22H2,1-3H3/t27-,28+,29+,30?,34+/m1/s1. The van der Waals surface area contributed by atoms with Crippen molar-refractivity contribution < 1.29 is 24.2 Å². The molecule has 1 spiro atoms. The summed E-state index contributed by atoms with van der Waals surface area (Å²) in [4.78, 5) is 50.3. The second kappa shape index (κ2) is 12.3. The Morgan fingerprint density at radius 3 is 2.16 bits per heavy atom. The predicted molar refractivity (Wildman–Crippen MR) is 174 cm³/mol. The van der Waals surface area contributed by atoms with Gasteiger partial charge in [0.1, 0.15) is 11.8 Å². The van der Waals surface area contributed by atoms with Gasteiger partial charge in [-0.1, -0.05) is 24.3 Å². The van der Waals surface area contributed by atoms with Crippen molar-refractivity contribution in [1.82, 2.24) is 4.90 Å². The van der Waals surface area contributed by atoms with Crippen LogP contribution in [0.25, 0.3) is 0 Å². The fourth-order valence-electron chi connectivity index (χ4n) is 7.27. The zero-order valence-corrected chi connectivity index (χ0v) is 26.3. The number of benzene rings is 2. The third kappa shape index (κ3) is 4.88. The number of aliphatic hydroxyl groups is 1. The van der Waals surface area contributed by atoms with Gasteiger partial charge in [0.05, 0.1) is 29.8 Å². The van der Waals surface area contributed by atoms with Crippen LogP contribution in [0.2, 0.25) is 0 Å². The number of aliphatic hydroxyl groups excluding tert-OH is 1. The van der Waals surface area contributed by atoms with Crippen molar-refractivity contribution in [2.24, 2.45) is 11.8 Å². The van der Waals surface area contributed by atoms with Gasteiger partial charge < -0.3 is 29.4 Å². The number of β-amino-alcohol motifs (C(OH)–C–C–N with tert-alkyl or cyclic N) is 1. The van der Waals surface area contributed by atoms with Crippen molar-refractivity contribution in [3.05, 3.63) is 72.8 Å². The van der Waals surface area contributed by atoms with Crippen molar-refractivity contribution in [2.75, 3.05) is 60.6 Å². The van der Waals surface area contributed by atoms with Gasteiger partial charge in [0.25, 0.3) is 5.91 Å². The molecule has 2 aromatic rings. The first-order valence-corrected chi connectivity index (χ1v) is 16.4. The molecule has 5 atom stereocenters. The molecule has 0 saturated carbocycles. The maximum absolute atomic E-state index is 14.5. The molecule has 6 rings (SSSR count). The number of fused-ring (bicyclic) bond motifs is 2. The van der Waals surface area contributed by atoms with Crippen molar-refractivity contribution in [2.45, 2.75) is 36.8 Å².